The maximum atomic E-state index is 12.5. The lowest BCUT2D eigenvalue weighted by atomic mass is 10.1. The lowest BCUT2D eigenvalue weighted by Gasteiger charge is -2.35. The molecule has 0 saturated carbocycles. The normalized spacial score (nSPS) is 20.6. The predicted octanol–water partition coefficient (Wildman–Crippen LogP) is 3.77. The number of halogens is 4. The number of pyridine rings is 1. The molecule has 182 valence electrons. The smallest absolute Gasteiger partial charge is 0.422 e. The van der Waals surface area contributed by atoms with E-state index in [-0.39, 0.29) is 48.6 Å². The van der Waals surface area contributed by atoms with Crippen LogP contribution in [0.1, 0.15) is 37.7 Å². The number of nitrogens with one attached hydrogen (secondary N) is 1. The maximum Gasteiger partial charge on any atom is 0.422 e. The van der Waals surface area contributed by atoms with Crippen LogP contribution in [0.25, 0.3) is 0 Å². The Bertz CT molecular complexity index is 710. The van der Waals surface area contributed by atoms with Crippen molar-refractivity contribution in [1.82, 2.24) is 15.2 Å². The maximum absolute atomic E-state index is 12.5. The van der Waals surface area contributed by atoms with Crippen molar-refractivity contribution in [2.45, 2.75) is 57.0 Å². The molecule has 11 heteroatoms. The first-order valence-corrected chi connectivity index (χ1v) is 10.8. The van der Waals surface area contributed by atoms with E-state index >= 15 is 0 Å². The second kappa shape index (κ2) is 13.4. The Kier molecular flexibility index (Phi) is 11.3. The van der Waals surface area contributed by atoms with E-state index in [4.69, 9.17) is 14.2 Å². The summed E-state index contributed by atoms with van der Waals surface area (Å²) in [6.07, 6.45) is 2.61. The Morgan fingerprint density at radius 3 is 2.72 bits per heavy atom. The average molecular weight is 572 g/mol. The largest absolute Gasteiger partial charge is 0.468 e. The summed E-state index contributed by atoms with van der Waals surface area (Å²) in [5.74, 6) is 0.666. The summed E-state index contributed by atoms with van der Waals surface area (Å²) in [5, 5.41) is 3.21. The zero-order valence-corrected chi connectivity index (χ0v) is 20.6. The molecule has 0 bridgehead atoms. The lowest BCUT2D eigenvalue weighted by Crippen LogP contribution is -2.47. The quantitative estimate of drug-likeness (QED) is 0.305. The molecule has 0 spiro atoms. The van der Waals surface area contributed by atoms with Gasteiger partial charge in [0, 0.05) is 45.0 Å². The summed E-state index contributed by atoms with van der Waals surface area (Å²) in [7, 11) is 1.69. The number of piperidine rings is 1. The summed E-state index contributed by atoms with van der Waals surface area (Å²) in [6, 6.07) is 3.35. The van der Waals surface area contributed by atoms with Crippen molar-refractivity contribution in [3.8, 4) is 5.88 Å². The Morgan fingerprint density at radius 1 is 1.28 bits per heavy atom. The second-order valence-corrected chi connectivity index (χ2v) is 7.78. The van der Waals surface area contributed by atoms with Crippen molar-refractivity contribution in [1.29, 1.82) is 0 Å². The van der Waals surface area contributed by atoms with Gasteiger partial charge in [-0.25, -0.2) is 4.98 Å². The molecule has 1 atom stereocenters. The molecule has 0 amide bonds. The van der Waals surface area contributed by atoms with Gasteiger partial charge in [-0.3, -0.25) is 4.99 Å². The molecule has 32 heavy (non-hydrogen) atoms. The van der Waals surface area contributed by atoms with Crippen molar-refractivity contribution < 1.29 is 27.4 Å². The third-order valence-electron chi connectivity index (χ3n) is 5.40. The SMILES string of the molecule is CN=C(NCc1cccnc1OCC(F)(F)F)N1CCC(OCC2CCCCO2)CC1.I. The van der Waals surface area contributed by atoms with Gasteiger partial charge in [-0.15, -0.1) is 24.0 Å². The van der Waals surface area contributed by atoms with Crippen LogP contribution in [-0.2, 0) is 16.0 Å². The van der Waals surface area contributed by atoms with Gasteiger partial charge in [0.25, 0.3) is 0 Å². The van der Waals surface area contributed by atoms with Crippen molar-refractivity contribution in [2.75, 3.05) is 40.0 Å². The Morgan fingerprint density at radius 2 is 2.06 bits per heavy atom. The first-order valence-electron chi connectivity index (χ1n) is 10.8. The summed E-state index contributed by atoms with van der Waals surface area (Å²) in [6.45, 7) is 1.96. The van der Waals surface area contributed by atoms with Gasteiger partial charge < -0.3 is 24.4 Å². The highest BCUT2D eigenvalue weighted by Gasteiger charge is 2.29. The number of ether oxygens (including phenoxy) is 3. The van der Waals surface area contributed by atoms with Crippen molar-refractivity contribution in [3.05, 3.63) is 23.9 Å². The zero-order chi connectivity index (χ0) is 22.1. The topological polar surface area (TPSA) is 68.2 Å². The Labute approximate surface area is 204 Å². The van der Waals surface area contributed by atoms with Crippen LogP contribution in [0.4, 0.5) is 13.2 Å². The standard InChI is InChI=1S/C21H31F3N4O3.HI/c1-25-20(27-13-16-5-4-9-26-19(16)31-15-21(22,23)24)28-10-7-17(8-11-28)30-14-18-6-2-3-12-29-18;/h4-5,9,17-18H,2-3,6-8,10-15H2,1H3,(H,25,27);1H. The van der Waals surface area contributed by atoms with E-state index in [1.54, 1.807) is 19.2 Å². The molecule has 2 aliphatic rings. The number of hydrogen-bond donors (Lipinski definition) is 1. The van der Waals surface area contributed by atoms with Crippen molar-refractivity contribution in [3.63, 3.8) is 0 Å². The van der Waals surface area contributed by atoms with E-state index < -0.39 is 12.8 Å². The second-order valence-electron chi connectivity index (χ2n) is 7.78. The third-order valence-corrected chi connectivity index (χ3v) is 5.40. The molecule has 0 aliphatic carbocycles. The van der Waals surface area contributed by atoms with E-state index in [1.807, 2.05) is 0 Å². The molecule has 1 aromatic rings. The minimum Gasteiger partial charge on any atom is -0.468 e. The van der Waals surface area contributed by atoms with E-state index in [1.165, 1.54) is 12.6 Å². The summed E-state index contributed by atoms with van der Waals surface area (Å²) >= 11 is 0. The Balaban J connectivity index is 0.00000363. The van der Waals surface area contributed by atoms with Crippen LogP contribution < -0.4 is 10.1 Å². The van der Waals surface area contributed by atoms with Crippen LogP contribution in [0.3, 0.4) is 0 Å². The lowest BCUT2D eigenvalue weighted by molar-refractivity contribution is -0.154. The van der Waals surface area contributed by atoms with E-state index in [9.17, 15) is 13.2 Å². The number of aliphatic imine (C=N–C) groups is 1. The number of aromatic nitrogens is 1. The van der Waals surface area contributed by atoms with Crippen LogP contribution in [0.15, 0.2) is 23.3 Å². The van der Waals surface area contributed by atoms with Crippen molar-refractivity contribution in [2.24, 2.45) is 4.99 Å². The highest BCUT2D eigenvalue weighted by Crippen LogP contribution is 2.21. The molecular weight excluding hydrogens is 540 g/mol. The van der Waals surface area contributed by atoms with E-state index in [2.05, 4.69) is 20.2 Å². The van der Waals surface area contributed by atoms with Crippen LogP contribution >= 0.6 is 24.0 Å². The molecule has 0 radical (unpaired) electrons. The minimum absolute atomic E-state index is 0. The van der Waals surface area contributed by atoms with Crippen LogP contribution in [0.5, 0.6) is 5.88 Å². The third kappa shape index (κ3) is 8.89. The molecular formula is C21H32F3IN4O3. The van der Waals surface area contributed by atoms with Crippen molar-refractivity contribution >= 4 is 29.9 Å². The molecule has 1 unspecified atom stereocenters. The number of alkyl halides is 3. The van der Waals surface area contributed by atoms with Gasteiger partial charge >= 0.3 is 6.18 Å². The molecule has 7 nitrogen and oxygen atoms in total. The van der Waals surface area contributed by atoms with Gasteiger partial charge in [0.2, 0.25) is 5.88 Å². The average Bonchev–Trinajstić information content (AvgIpc) is 2.78. The molecule has 1 N–H and O–H groups in total. The molecule has 3 heterocycles. The van der Waals surface area contributed by atoms with Crippen LogP contribution in [0.2, 0.25) is 0 Å². The molecule has 1 aromatic heterocycles. The number of likely N-dealkylation sites (tertiary alicyclic amines) is 1. The Hall–Kier alpha value is -1.34. The number of guanidine groups is 1. The summed E-state index contributed by atoms with van der Waals surface area (Å²) in [5.41, 5.74) is 0.540. The van der Waals surface area contributed by atoms with Gasteiger partial charge in [0.1, 0.15) is 0 Å². The fourth-order valence-corrected chi connectivity index (χ4v) is 3.76. The highest BCUT2D eigenvalue weighted by atomic mass is 127. The molecule has 2 saturated heterocycles. The minimum atomic E-state index is -4.41. The molecule has 3 rings (SSSR count). The van der Waals surface area contributed by atoms with Gasteiger partial charge in [-0.2, -0.15) is 13.2 Å². The monoisotopic (exact) mass is 572 g/mol. The van der Waals surface area contributed by atoms with E-state index in [0.29, 0.717) is 18.1 Å². The van der Waals surface area contributed by atoms with E-state index in [0.717, 1.165) is 45.4 Å². The van der Waals surface area contributed by atoms with Gasteiger partial charge in [-0.1, -0.05) is 6.07 Å². The molecule has 0 aromatic carbocycles. The fraction of sp³-hybridized carbons (Fsp3) is 0.714. The molecule has 2 aliphatic heterocycles. The zero-order valence-electron chi connectivity index (χ0n) is 18.3. The fourth-order valence-electron chi connectivity index (χ4n) is 3.76. The highest BCUT2D eigenvalue weighted by molar-refractivity contribution is 14.0. The predicted molar refractivity (Wildman–Crippen MR) is 126 cm³/mol. The van der Waals surface area contributed by atoms with Crippen LogP contribution in [-0.4, -0.2) is 74.2 Å². The first kappa shape index (κ1) is 26.9. The van der Waals surface area contributed by atoms with Crippen LogP contribution in [0, 0.1) is 0 Å². The summed E-state index contributed by atoms with van der Waals surface area (Å²) < 4.78 is 54.0. The molecule has 2 fully saturated rings. The van der Waals surface area contributed by atoms with Gasteiger partial charge in [0.15, 0.2) is 12.6 Å². The number of rotatable bonds is 7. The van der Waals surface area contributed by atoms with Gasteiger partial charge in [-0.05, 0) is 38.2 Å². The van der Waals surface area contributed by atoms with Gasteiger partial charge in [0.05, 0.1) is 18.8 Å². The summed E-state index contributed by atoms with van der Waals surface area (Å²) in [4.78, 5) is 10.4. The number of nitrogens with zero attached hydrogens (tertiary/aromatic N) is 3. The first-order chi connectivity index (χ1) is 14.9. The number of hydrogen-bond acceptors (Lipinski definition) is 5.